The molecule has 1 fully saturated rings. The molecular weight excluding hydrogens is 232 g/mol. The molecule has 1 saturated carbocycles. The predicted molar refractivity (Wildman–Crippen MR) is 80.8 cm³/mol. The van der Waals surface area contributed by atoms with Crippen molar-refractivity contribution in [1.29, 1.82) is 0 Å². The Hall–Kier alpha value is -1.11. The van der Waals surface area contributed by atoms with Crippen molar-refractivity contribution >= 4 is 5.78 Å². The first-order valence-corrected chi connectivity index (χ1v) is 7.61. The van der Waals surface area contributed by atoms with Gasteiger partial charge in [-0.15, -0.1) is 0 Å². The predicted octanol–water partition coefficient (Wildman–Crippen LogP) is 5.02. The highest BCUT2D eigenvalue weighted by Crippen LogP contribution is 2.42. The van der Waals surface area contributed by atoms with Crippen LogP contribution in [0.1, 0.15) is 81.9 Å². The number of rotatable bonds is 5. The second kappa shape index (κ2) is 5.48. The van der Waals surface area contributed by atoms with Crippen molar-refractivity contribution in [2.45, 2.75) is 65.2 Å². The highest BCUT2D eigenvalue weighted by atomic mass is 16.1. The van der Waals surface area contributed by atoms with Gasteiger partial charge in [-0.25, -0.2) is 0 Å². The van der Waals surface area contributed by atoms with Crippen molar-refractivity contribution in [2.75, 3.05) is 0 Å². The van der Waals surface area contributed by atoms with Crippen LogP contribution in [0.25, 0.3) is 0 Å². The standard InChI is InChI=1S/C18H26O/c1-6-16(17-10-18(17)19)15-8-13(11(2)3)7-14(9-15)12(4)5/h7-9,11-12,16-17H,6,10H2,1-5H3/t16?,17-/m0/s1. The Morgan fingerprint density at radius 1 is 1.00 bits per heavy atom. The van der Waals surface area contributed by atoms with E-state index in [0.717, 1.165) is 12.8 Å². The van der Waals surface area contributed by atoms with Crippen LogP contribution in [-0.2, 0) is 4.79 Å². The second-order valence-corrected chi connectivity index (χ2v) is 6.53. The van der Waals surface area contributed by atoms with E-state index < -0.39 is 0 Å². The maximum Gasteiger partial charge on any atom is 0.137 e. The smallest absolute Gasteiger partial charge is 0.137 e. The summed E-state index contributed by atoms with van der Waals surface area (Å²) in [6.07, 6.45) is 1.86. The van der Waals surface area contributed by atoms with Crippen LogP contribution < -0.4 is 0 Å². The van der Waals surface area contributed by atoms with Crippen LogP contribution in [0.2, 0.25) is 0 Å². The highest BCUT2D eigenvalue weighted by Gasteiger charge is 2.41. The van der Waals surface area contributed by atoms with Crippen LogP contribution in [0.3, 0.4) is 0 Å². The minimum Gasteiger partial charge on any atom is -0.299 e. The topological polar surface area (TPSA) is 17.1 Å². The first kappa shape index (κ1) is 14.3. The number of benzene rings is 1. The molecule has 0 aliphatic heterocycles. The van der Waals surface area contributed by atoms with E-state index >= 15 is 0 Å². The summed E-state index contributed by atoms with van der Waals surface area (Å²) in [4.78, 5) is 11.5. The number of hydrogen-bond acceptors (Lipinski definition) is 1. The zero-order valence-electron chi connectivity index (χ0n) is 12.9. The lowest BCUT2D eigenvalue weighted by Gasteiger charge is -2.19. The molecule has 0 radical (unpaired) electrons. The van der Waals surface area contributed by atoms with Gasteiger partial charge in [0.25, 0.3) is 0 Å². The van der Waals surface area contributed by atoms with Gasteiger partial charge in [-0.3, -0.25) is 4.79 Å². The van der Waals surface area contributed by atoms with Gasteiger partial charge in [0.1, 0.15) is 5.78 Å². The first-order chi connectivity index (χ1) is 8.93. The fraction of sp³-hybridized carbons (Fsp3) is 0.611. The molecule has 2 atom stereocenters. The van der Waals surface area contributed by atoms with Crippen LogP contribution in [0.4, 0.5) is 0 Å². The molecule has 0 heterocycles. The van der Waals surface area contributed by atoms with Crippen LogP contribution in [0.15, 0.2) is 18.2 Å². The van der Waals surface area contributed by atoms with E-state index in [2.05, 4.69) is 52.8 Å². The summed E-state index contributed by atoms with van der Waals surface area (Å²) >= 11 is 0. The summed E-state index contributed by atoms with van der Waals surface area (Å²) in [7, 11) is 0. The van der Waals surface area contributed by atoms with Crippen LogP contribution in [0, 0.1) is 5.92 Å². The number of ketones is 1. The molecule has 19 heavy (non-hydrogen) atoms. The molecule has 0 saturated heterocycles. The lowest BCUT2D eigenvalue weighted by molar-refractivity contribution is -0.111. The van der Waals surface area contributed by atoms with Crippen molar-refractivity contribution < 1.29 is 4.79 Å². The maximum atomic E-state index is 11.5. The van der Waals surface area contributed by atoms with Gasteiger partial charge >= 0.3 is 0 Å². The molecule has 0 bridgehead atoms. The molecule has 1 heteroatoms. The van der Waals surface area contributed by atoms with Gasteiger partial charge < -0.3 is 0 Å². The molecule has 1 nitrogen and oxygen atoms in total. The number of hydrogen-bond donors (Lipinski definition) is 0. The third-order valence-electron chi connectivity index (χ3n) is 4.36. The van der Waals surface area contributed by atoms with Crippen LogP contribution in [-0.4, -0.2) is 5.78 Å². The van der Waals surface area contributed by atoms with Gasteiger partial charge in [-0.2, -0.15) is 0 Å². The molecule has 1 aliphatic rings. The van der Waals surface area contributed by atoms with E-state index in [-0.39, 0.29) is 0 Å². The Morgan fingerprint density at radius 3 is 1.74 bits per heavy atom. The maximum absolute atomic E-state index is 11.5. The third-order valence-corrected chi connectivity index (χ3v) is 4.36. The van der Waals surface area contributed by atoms with E-state index in [4.69, 9.17) is 0 Å². The lowest BCUT2D eigenvalue weighted by atomic mass is 9.85. The van der Waals surface area contributed by atoms with E-state index in [1.54, 1.807) is 0 Å². The lowest BCUT2D eigenvalue weighted by Crippen LogP contribution is -2.05. The Bertz CT molecular complexity index is 444. The van der Waals surface area contributed by atoms with Gasteiger partial charge in [0.15, 0.2) is 0 Å². The molecule has 1 aliphatic carbocycles. The van der Waals surface area contributed by atoms with Gasteiger partial charge in [0, 0.05) is 12.3 Å². The van der Waals surface area contributed by atoms with E-state index in [1.807, 2.05) is 0 Å². The summed E-state index contributed by atoms with van der Waals surface area (Å²) < 4.78 is 0. The number of carbonyl (C=O) groups excluding carboxylic acids is 1. The van der Waals surface area contributed by atoms with Crippen molar-refractivity contribution in [1.82, 2.24) is 0 Å². The molecule has 0 amide bonds. The molecule has 0 aromatic heterocycles. The third kappa shape index (κ3) is 3.08. The van der Waals surface area contributed by atoms with Gasteiger partial charge in [0.2, 0.25) is 0 Å². The van der Waals surface area contributed by atoms with Crippen LogP contribution in [0.5, 0.6) is 0 Å². The summed E-state index contributed by atoms with van der Waals surface area (Å²) in [5.41, 5.74) is 4.20. The highest BCUT2D eigenvalue weighted by molar-refractivity contribution is 5.97. The zero-order chi connectivity index (χ0) is 14.2. The summed E-state index contributed by atoms with van der Waals surface area (Å²) in [6.45, 7) is 11.2. The molecule has 0 N–H and O–H groups in total. The largest absolute Gasteiger partial charge is 0.299 e. The molecule has 1 unspecified atom stereocenters. The van der Waals surface area contributed by atoms with E-state index in [0.29, 0.717) is 29.5 Å². The van der Waals surface area contributed by atoms with E-state index in [9.17, 15) is 4.79 Å². The van der Waals surface area contributed by atoms with Gasteiger partial charge in [-0.1, -0.05) is 52.8 Å². The molecule has 0 spiro atoms. The molecular formula is C18H26O. The Labute approximate surface area is 117 Å². The quantitative estimate of drug-likeness (QED) is 0.725. The normalized spacial score (nSPS) is 20.2. The minimum absolute atomic E-state index is 0.299. The monoisotopic (exact) mass is 258 g/mol. The number of Topliss-reactive ketones (excluding diaryl/α,β-unsaturated/α-hetero) is 1. The van der Waals surface area contributed by atoms with Gasteiger partial charge in [-0.05, 0) is 40.9 Å². The molecule has 2 rings (SSSR count). The SMILES string of the molecule is CCC(c1cc(C(C)C)cc(C(C)C)c1)[C@@H]1CC1=O. The summed E-state index contributed by atoms with van der Waals surface area (Å²) in [5, 5.41) is 0. The van der Waals surface area contributed by atoms with Crippen molar-refractivity contribution in [3.8, 4) is 0 Å². The van der Waals surface area contributed by atoms with Crippen molar-refractivity contribution in [3.63, 3.8) is 0 Å². The first-order valence-electron chi connectivity index (χ1n) is 7.61. The average molecular weight is 258 g/mol. The molecule has 1 aromatic rings. The Morgan fingerprint density at radius 2 is 1.42 bits per heavy atom. The van der Waals surface area contributed by atoms with Crippen molar-refractivity contribution in [3.05, 3.63) is 34.9 Å². The molecule has 104 valence electrons. The fourth-order valence-corrected chi connectivity index (χ4v) is 2.86. The average Bonchev–Trinajstić information content (AvgIpc) is 3.06. The minimum atomic E-state index is 0.299. The number of carbonyl (C=O) groups is 1. The molecule has 1 aromatic carbocycles. The fourth-order valence-electron chi connectivity index (χ4n) is 2.86. The van der Waals surface area contributed by atoms with Crippen LogP contribution >= 0.6 is 0 Å². The Balaban J connectivity index is 2.40. The summed E-state index contributed by atoms with van der Waals surface area (Å²) in [6, 6.07) is 6.99. The second-order valence-electron chi connectivity index (χ2n) is 6.53. The summed E-state index contributed by atoms with van der Waals surface area (Å²) in [5.74, 6) is 2.28. The van der Waals surface area contributed by atoms with Crippen molar-refractivity contribution in [2.24, 2.45) is 5.92 Å². The van der Waals surface area contributed by atoms with E-state index in [1.165, 1.54) is 16.7 Å². The Kier molecular flexibility index (Phi) is 4.13. The zero-order valence-corrected chi connectivity index (χ0v) is 12.9. The van der Waals surface area contributed by atoms with Gasteiger partial charge in [0.05, 0.1) is 0 Å².